The number of rotatable bonds is 18. The highest BCUT2D eigenvalue weighted by Crippen LogP contribution is 2.09. The van der Waals surface area contributed by atoms with Gasteiger partial charge in [0.1, 0.15) is 18.7 Å². The molecule has 0 radical (unpaired) electrons. The molecule has 8 N–H and O–H groups in total. The van der Waals surface area contributed by atoms with Crippen molar-refractivity contribution in [2.24, 2.45) is 28.3 Å². The van der Waals surface area contributed by atoms with Gasteiger partial charge in [-0.2, -0.15) is 0 Å². The summed E-state index contributed by atoms with van der Waals surface area (Å²) in [5, 5.41) is 11.2. The van der Waals surface area contributed by atoms with Crippen LogP contribution >= 0.6 is 0 Å². The monoisotopic (exact) mass is 635 g/mol. The van der Waals surface area contributed by atoms with E-state index in [1.54, 1.807) is 6.08 Å². The van der Waals surface area contributed by atoms with Gasteiger partial charge in [-0.25, -0.2) is 4.79 Å². The molecule has 12 heteroatoms. The van der Waals surface area contributed by atoms with Crippen molar-refractivity contribution in [3.8, 4) is 0 Å². The first-order valence-corrected chi connectivity index (χ1v) is 15.6. The van der Waals surface area contributed by atoms with E-state index in [0.29, 0.717) is 12.8 Å². The highest BCUT2D eigenvalue weighted by Gasteiger charge is 2.28. The van der Waals surface area contributed by atoms with E-state index in [0.717, 1.165) is 11.1 Å². The van der Waals surface area contributed by atoms with Crippen molar-refractivity contribution in [2.45, 2.75) is 71.7 Å². The number of amides is 4. The lowest BCUT2D eigenvalue weighted by molar-refractivity contribution is -0.130. The van der Waals surface area contributed by atoms with Crippen molar-refractivity contribution in [3.05, 3.63) is 77.9 Å². The number of hydrogen-bond donors (Lipinski definition) is 6. The van der Waals surface area contributed by atoms with Crippen molar-refractivity contribution in [1.29, 1.82) is 0 Å². The summed E-state index contributed by atoms with van der Waals surface area (Å²) >= 11 is 0. The molecule has 0 bridgehead atoms. The fraction of sp³-hybridized carbons (Fsp3) is 0.441. The van der Waals surface area contributed by atoms with Gasteiger partial charge in [-0.1, -0.05) is 88.4 Å². The molecular weight excluding hydrogens is 586 g/mol. The maximum atomic E-state index is 13.4. The minimum atomic E-state index is -1.00. The Labute approximate surface area is 271 Å². The Bertz CT molecular complexity index is 1300. The van der Waals surface area contributed by atoms with Gasteiger partial charge in [0.2, 0.25) is 17.7 Å². The number of benzene rings is 2. The first-order chi connectivity index (χ1) is 21.9. The molecule has 0 aliphatic rings. The number of carbonyl (C=O) groups excluding carboxylic acids is 4. The predicted octanol–water partition coefficient (Wildman–Crippen LogP) is 2.84. The highest BCUT2D eigenvalue weighted by molar-refractivity contribution is 5.92. The molecular formula is C34H49N7O5. The number of hydrogen-bond acceptors (Lipinski definition) is 6. The summed E-state index contributed by atoms with van der Waals surface area (Å²) in [6.07, 6.45) is 3.36. The first-order valence-electron chi connectivity index (χ1n) is 15.6. The minimum absolute atomic E-state index is 0.0215. The van der Waals surface area contributed by atoms with Crippen molar-refractivity contribution in [1.82, 2.24) is 21.3 Å². The van der Waals surface area contributed by atoms with Crippen LogP contribution in [-0.4, -0.2) is 61.0 Å². The lowest BCUT2D eigenvalue weighted by Gasteiger charge is -2.26. The Balaban J connectivity index is 2.05. The number of ether oxygens (including phenoxy) is 1. The summed E-state index contributed by atoms with van der Waals surface area (Å²) in [4.78, 5) is 56.0. The molecule has 0 aromatic heterocycles. The number of nitrogens with two attached hydrogens (primary N) is 2. The fourth-order valence-electron chi connectivity index (χ4n) is 4.41. The van der Waals surface area contributed by atoms with Crippen LogP contribution in [0.1, 0.15) is 58.1 Å². The van der Waals surface area contributed by atoms with E-state index in [1.165, 1.54) is 6.08 Å². The molecule has 2 rings (SSSR count). The Hall–Kier alpha value is -4.87. The molecule has 0 spiro atoms. The summed E-state index contributed by atoms with van der Waals surface area (Å²) in [6, 6.07) is 16.4. The highest BCUT2D eigenvalue weighted by atomic mass is 16.5. The molecule has 2 aromatic rings. The van der Waals surface area contributed by atoms with E-state index in [2.05, 4.69) is 26.3 Å². The molecule has 0 unspecified atom stereocenters. The van der Waals surface area contributed by atoms with Crippen LogP contribution in [-0.2, 0) is 25.7 Å². The minimum Gasteiger partial charge on any atom is -0.445 e. The largest absolute Gasteiger partial charge is 0.445 e. The Kier molecular flexibility index (Phi) is 16.4. The molecule has 0 aliphatic carbocycles. The number of aliphatic imine (C=N–C) groups is 1. The Morgan fingerprint density at radius 1 is 0.848 bits per heavy atom. The molecule has 2 aromatic carbocycles. The van der Waals surface area contributed by atoms with Gasteiger partial charge in [-0.05, 0) is 48.3 Å². The van der Waals surface area contributed by atoms with E-state index in [-0.39, 0.29) is 55.9 Å². The van der Waals surface area contributed by atoms with Crippen LogP contribution in [0, 0.1) is 11.8 Å². The lowest BCUT2D eigenvalue weighted by atomic mass is 10.0. The lowest BCUT2D eigenvalue weighted by Crippen LogP contribution is -2.55. The third kappa shape index (κ3) is 15.2. The van der Waals surface area contributed by atoms with E-state index < -0.39 is 30.0 Å². The van der Waals surface area contributed by atoms with Gasteiger partial charge in [0, 0.05) is 25.2 Å². The number of carbonyl (C=O) groups is 4. The summed E-state index contributed by atoms with van der Waals surface area (Å²) in [5.41, 5.74) is 12.5. The molecule has 250 valence electrons. The molecule has 0 saturated heterocycles. The summed E-state index contributed by atoms with van der Waals surface area (Å²) in [6.45, 7) is 8.22. The topological polar surface area (TPSA) is 190 Å². The average Bonchev–Trinajstić information content (AvgIpc) is 3.02. The molecule has 0 heterocycles. The van der Waals surface area contributed by atoms with Gasteiger partial charge in [-0.15, -0.1) is 0 Å². The third-order valence-corrected chi connectivity index (χ3v) is 6.96. The molecule has 3 atom stereocenters. The zero-order valence-corrected chi connectivity index (χ0v) is 27.2. The van der Waals surface area contributed by atoms with E-state index in [4.69, 9.17) is 16.2 Å². The Morgan fingerprint density at radius 2 is 1.50 bits per heavy atom. The summed E-state index contributed by atoms with van der Waals surface area (Å²) in [5.74, 6) is -1.20. The van der Waals surface area contributed by atoms with E-state index in [1.807, 2.05) is 88.4 Å². The predicted molar refractivity (Wildman–Crippen MR) is 180 cm³/mol. The Morgan fingerprint density at radius 3 is 2.11 bits per heavy atom. The van der Waals surface area contributed by atoms with Gasteiger partial charge in [0.15, 0.2) is 5.96 Å². The smallest absolute Gasteiger partial charge is 0.408 e. The van der Waals surface area contributed by atoms with Gasteiger partial charge < -0.3 is 37.5 Å². The third-order valence-electron chi connectivity index (χ3n) is 6.96. The number of guanidine groups is 1. The van der Waals surface area contributed by atoms with E-state index >= 15 is 0 Å². The van der Waals surface area contributed by atoms with Crippen molar-refractivity contribution in [2.75, 3.05) is 13.1 Å². The average molecular weight is 636 g/mol. The van der Waals surface area contributed by atoms with Crippen LogP contribution in [0.4, 0.5) is 4.79 Å². The number of alkyl carbamates (subject to hydrolysis) is 1. The molecule has 12 nitrogen and oxygen atoms in total. The summed E-state index contributed by atoms with van der Waals surface area (Å²) < 4.78 is 5.32. The SMILES string of the molecule is CC(C)C[C@H](NC(=O)[C@H](CCCN=C(N)N)NC(=O)OCc1ccccc1)C(=O)NC[C@@H](NC(=O)C=Cc1ccccc1)C(C)C. The van der Waals surface area contributed by atoms with Gasteiger partial charge in [0.25, 0.3) is 0 Å². The second-order valence-corrected chi connectivity index (χ2v) is 11.7. The van der Waals surface area contributed by atoms with Gasteiger partial charge in [-0.3, -0.25) is 19.4 Å². The second kappa shape index (κ2) is 20.2. The standard InChI is InChI=1S/C34H49N7O5/c1-23(2)20-28(31(43)38-21-29(24(3)4)39-30(42)18-17-25-12-7-5-8-13-25)40-32(44)27(16-11-19-37-33(35)36)41-34(45)46-22-26-14-9-6-10-15-26/h5-10,12-15,17-18,23-24,27-29H,11,16,19-22H2,1-4H3,(H,38,43)(H,39,42)(H,40,44)(H,41,45)(H4,35,36,37)/t27-,28-,29+/m0/s1. The first kappa shape index (κ1) is 37.3. The van der Waals surface area contributed by atoms with Gasteiger partial charge >= 0.3 is 6.09 Å². The van der Waals surface area contributed by atoms with Crippen molar-refractivity contribution in [3.63, 3.8) is 0 Å². The zero-order valence-electron chi connectivity index (χ0n) is 27.2. The zero-order chi connectivity index (χ0) is 33.9. The van der Waals surface area contributed by atoms with Crippen LogP contribution in [0.2, 0.25) is 0 Å². The molecule has 0 fully saturated rings. The number of nitrogens with one attached hydrogen (secondary N) is 4. The van der Waals surface area contributed by atoms with E-state index in [9.17, 15) is 19.2 Å². The molecule has 4 amide bonds. The second-order valence-electron chi connectivity index (χ2n) is 11.7. The van der Waals surface area contributed by atoms with Crippen LogP contribution in [0.3, 0.4) is 0 Å². The molecule has 0 aliphatic heterocycles. The molecule has 46 heavy (non-hydrogen) atoms. The van der Waals surface area contributed by atoms with Crippen LogP contribution < -0.4 is 32.7 Å². The quantitative estimate of drug-likeness (QED) is 0.0628. The van der Waals surface area contributed by atoms with Crippen molar-refractivity contribution >= 4 is 35.9 Å². The van der Waals surface area contributed by atoms with Crippen LogP contribution in [0.15, 0.2) is 71.7 Å². The maximum Gasteiger partial charge on any atom is 0.408 e. The van der Waals surface area contributed by atoms with Crippen molar-refractivity contribution < 1.29 is 23.9 Å². The van der Waals surface area contributed by atoms with Crippen LogP contribution in [0.25, 0.3) is 6.08 Å². The van der Waals surface area contributed by atoms with Gasteiger partial charge in [0.05, 0.1) is 0 Å². The maximum absolute atomic E-state index is 13.4. The fourth-order valence-corrected chi connectivity index (χ4v) is 4.41. The van der Waals surface area contributed by atoms with Crippen LogP contribution in [0.5, 0.6) is 0 Å². The summed E-state index contributed by atoms with van der Waals surface area (Å²) in [7, 11) is 0. The molecule has 0 saturated carbocycles. The normalized spacial score (nSPS) is 13.0. The number of nitrogens with zero attached hydrogens (tertiary/aromatic N) is 1.